The number of benzene rings is 1. The number of ether oxygens (including phenoxy) is 1. The lowest BCUT2D eigenvalue weighted by molar-refractivity contribution is 0.108. The van der Waals surface area contributed by atoms with Gasteiger partial charge < -0.3 is 15.2 Å². The summed E-state index contributed by atoms with van der Waals surface area (Å²) in [5.74, 6) is 0.959. The monoisotopic (exact) mass is 237 g/mol. The zero-order chi connectivity index (χ0) is 12.5. The van der Waals surface area contributed by atoms with Crippen LogP contribution in [0.5, 0.6) is 5.75 Å². The van der Waals surface area contributed by atoms with Crippen molar-refractivity contribution in [1.29, 1.82) is 0 Å². The first-order valence-electron chi connectivity index (χ1n) is 6.25. The molecule has 0 unspecified atom stereocenters. The third-order valence-corrected chi connectivity index (χ3v) is 2.40. The third kappa shape index (κ3) is 6.29. The van der Waals surface area contributed by atoms with Crippen molar-refractivity contribution in [1.82, 2.24) is 5.32 Å². The van der Waals surface area contributed by atoms with E-state index in [-0.39, 0.29) is 0 Å². The Morgan fingerprint density at radius 2 is 2.06 bits per heavy atom. The Balaban J connectivity index is 2.03. The van der Waals surface area contributed by atoms with Crippen LogP contribution in [0.15, 0.2) is 24.3 Å². The van der Waals surface area contributed by atoms with E-state index in [1.807, 2.05) is 18.2 Å². The molecule has 17 heavy (non-hydrogen) atoms. The van der Waals surface area contributed by atoms with Crippen molar-refractivity contribution >= 4 is 0 Å². The molecule has 0 radical (unpaired) electrons. The van der Waals surface area contributed by atoms with E-state index in [1.165, 1.54) is 0 Å². The van der Waals surface area contributed by atoms with Gasteiger partial charge in [0, 0.05) is 25.3 Å². The number of hydrogen-bond donors (Lipinski definition) is 2. The molecule has 1 aromatic carbocycles. The highest BCUT2D eigenvalue weighted by atomic mass is 16.5. The second kappa shape index (κ2) is 8.09. The van der Waals surface area contributed by atoms with Gasteiger partial charge in [0.15, 0.2) is 0 Å². The summed E-state index contributed by atoms with van der Waals surface area (Å²) < 4.78 is 5.48. The van der Waals surface area contributed by atoms with Gasteiger partial charge in [0.25, 0.3) is 0 Å². The molecule has 3 nitrogen and oxygen atoms in total. The summed E-state index contributed by atoms with van der Waals surface area (Å²) in [7, 11) is 0. The van der Waals surface area contributed by atoms with Gasteiger partial charge in [-0.1, -0.05) is 32.0 Å². The lowest BCUT2D eigenvalue weighted by Crippen LogP contribution is -2.17. The molecule has 2 N–H and O–H groups in total. The van der Waals surface area contributed by atoms with Crippen molar-refractivity contribution < 1.29 is 9.84 Å². The molecule has 0 atom stereocenters. The number of rotatable bonds is 8. The Bertz CT molecular complexity index is 313. The van der Waals surface area contributed by atoms with Gasteiger partial charge in [-0.05, 0) is 24.9 Å². The Morgan fingerprint density at radius 3 is 2.76 bits per heavy atom. The molecular formula is C14H23NO2. The molecular weight excluding hydrogens is 214 g/mol. The van der Waals surface area contributed by atoms with E-state index in [9.17, 15) is 5.11 Å². The van der Waals surface area contributed by atoms with Crippen LogP contribution < -0.4 is 5.32 Å². The molecule has 0 amide bonds. The topological polar surface area (TPSA) is 41.5 Å². The quantitative estimate of drug-likeness (QED) is 0.683. The second-order valence-corrected chi connectivity index (χ2v) is 4.63. The minimum atomic E-state index is 0.357. The fourth-order valence-corrected chi connectivity index (χ4v) is 1.50. The first-order chi connectivity index (χ1) is 8.20. The minimum Gasteiger partial charge on any atom is -0.508 e. The van der Waals surface area contributed by atoms with Gasteiger partial charge in [-0.2, -0.15) is 0 Å². The molecule has 0 saturated heterocycles. The second-order valence-electron chi connectivity index (χ2n) is 4.63. The molecule has 0 bridgehead atoms. The summed E-state index contributed by atoms with van der Waals surface area (Å²) in [5, 5.41) is 12.8. The highest BCUT2D eigenvalue weighted by molar-refractivity contribution is 5.31. The standard InChI is InChI=1S/C14H23NO2/c1-12(2)11-17-9-5-8-15-10-13-6-3-4-7-14(13)16/h3-4,6-7,12,15-16H,5,8-11H2,1-2H3. The molecule has 0 spiro atoms. The number of aromatic hydroxyl groups is 1. The molecule has 96 valence electrons. The van der Waals surface area contributed by atoms with Crippen molar-refractivity contribution in [2.45, 2.75) is 26.8 Å². The maximum absolute atomic E-state index is 9.55. The largest absolute Gasteiger partial charge is 0.508 e. The summed E-state index contributed by atoms with van der Waals surface area (Å²) in [6.07, 6.45) is 1.00. The molecule has 0 saturated carbocycles. The number of hydrogen-bond acceptors (Lipinski definition) is 3. The number of nitrogens with one attached hydrogen (secondary N) is 1. The van der Waals surface area contributed by atoms with Crippen LogP contribution in [-0.2, 0) is 11.3 Å². The van der Waals surface area contributed by atoms with Gasteiger partial charge in [-0.3, -0.25) is 0 Å². The van der Waals surface area contributed by atoms with E-state index in [2.05, 4.69) is 19.2 Å². The highest BCUT2D eigenvalue weighted by Gasteiger charge is 1.98. The SMILES string of the molecule is CC(C)COCCCNCc1ccccc1O. The zero-order valence-corrected chi connectivity index (χ0v) is 10.8. The van der Waals surface area contributed by atoms with Gasteiger partial charge in [0.05, 0.1) is 0 Å². The van der Waals surface area contributed by atoms with Gasteiger partial charge in [-0.25, -0.2) is 0 Å². The molecule has 0 aromatic heterocycles. The van der Waals surface area contributed by atoms with Gasteiger partial charge in [0.2, 0.25) is 0 Å². The number of phenols is 1. The zero-order valence-electron chi connectivity index (χ0n) is 10.8. The summed E-state index contributed by atoms with van der Waals surface area (Å²) in [5.41, 5.74) is 0.940. The summed E-state index contributed by atoms with van der Waals surface area (Å²) in [6.45, 7) is 7.54. The molecule has 0 aliphatic rings. The molecule has 1 aromatic rings. The van der Waals surface area contributed by atoms with Crippen LogP contribution >= 0.6 is 0 Å². The maximum Gasteiger partial charge on any atom is 0.120 e. The van der Waals surface area contributed by atoms with Crippen LogP contribution in [0.2, 0.25) is 0 Å². The van der Waals surface area contributed by atoms with Crippen molar-refractivity contribution in [2.24, 2.45) is 5.92 Å². The normalized spacial score (nSPS) is 11.0. The molecule has 1 rings (SSSR count). The van der Waals surface area contributed by atoms with E-state index in [0.717, 1.165) is 31.7 Å². The average molecular weight is 237 g/mol. The summed E-state index contributed by atoms with van der Waals surface area (Å²) >= 11 is 0. The average Bonchev–Trinajstić information content (AvgIpc) is 2.30. The molecule has 3 heteroatoms. The van der Waals surface area contributed by atoms with Crippen LogP contribution in [0.25, 0.3) is 0 Å². The Morgan fingerprint density at radius 1 is 1.29 bits per heavy atom. The van der Waals surface area contributed by atoms with Gasteiger partial charge >= 0.3 is 0 Å². The number of phenolic OH excluding ortho intramolecular Hbond substituents is 1. The Hall–Kier alpha value is -1.06. The van der Waals surface area contributed by atoms with Crippen LogP contribution in [0, 0.1) is 5.92 Å². The molecule has 0 heterocycles. The van der Waals surface area contributed by atoms with E-state index >= 15 is 0 Å². The summed E-state index contributed by atoms with van der Waals surface area (Å²) in [6, 6.07) is 7.40. The van der Waals surface area contributed by atoms with E-state index < -0.39 is 0 Å². The van der Waals surface area contributed by atoms with E-state index in [0.29, 0.717) is 18.2 Å². The van der Waals surface area contributed by atoms with Crippen molar-refractivity contribution in [3.63, 3.8) is 0 Å². The van der Waals surface area contributed by atoms with Crippen LogP contribution in [0.4, 0.5) is 0 Å². The third-order valence-electron chi connectivity index (χ3n) is 2.40. The predicted octanol–water partition coefficient (Wildman–Crippen LogP) is 2.54. The van der Waals surface area contributed by atoms with Crippen molar-refractivity contribution in [3.8, 4) is 5.75 Å². The first-order valence-corrected chi connectivity index (χ1v) is 6.25. The van der Waals surface area contributed by atoms with Crippen molar-refractivity contribution in [3.05, 3.63) is 29.8 Å². The number of para-hydroxylation sites is 1. The lowest BCUT2D eigenvalue weighted by Gasteiger charge is -2.08. The maximum atomic E-state index is 9.55. The molecule has 0 fully saturated rings. The smallest absolute Gasteiger partial charge is 0.120 e. The summed E-state index contributed by atoms with van der Waals surface area (Å²) in [4.78, 5) is 0. The van der Waals surface area contributed by atoms with Gasteiger partial charge in [-0.15, -0.1) is 0 Å². The fraction of sp³-hybridized carbons (Fsp3) is 0.571. The fourth-order valence-electron chi connectivity index (χ4n) is 1.50. The lowest BCUT2D eigenvalue weighted by atomic mass is 10.2. The first kappa shape index (κ1) is 14.0. The van der Waals surface area contributed by atoms with Crippen molar-refractivity contribution in [2.75, 3.05) is 19.8 Å². The minimum absolute atomic E-state index is 0.357. The van der Waals surface area contributed by atoms with Gasteiger partial charge in [0.1, 0.15) is 5.75 Å². The van der Waals surface area contributed by atoms with E-state index in [4.69, 9.17) is 4.74 Å². The molecule has 0 aliphatic heterocycles. The van der Waals surface area contributed by atoms with Crippen LogP contribution in [-0.4, -0.2) is 24.9 Å². The molecule has 0 aliphatic carbocycles. The van der Waals surface area contributed by atoms with E-state index in [1.54, 1.807) is 6.07 Å². The van der Waals surface area contributed by atoms with Crippen LogP contribution in [0.1, 0.15) is 25.8 Å². The predicted molar refractivity (Wildman–Crippen MR) is 70.1 cm³/mol. The highest BCUT2D eigenvalue weighted by Crippen LogP contribution is 2.14. The Kier molecular flexibility index (Phi) is 6.67. The Labute approximate surface area is 104 Å². The van der Waals surface area contributed by atoms with Crippen LogP contribution in [0.3, 0.4) is 0 Å².